The molecule has 1 heterocycles. The van der Waals surface area contributed by atoms with E-state index in [2.05, 4.69) is 10.3 Å². The molecule has 1 aromatic heterocycles. The molecule has 29 heavy (non-hydrogen) atoms. The van der Waals surface area contributed by atoms with Crippen LogP contribution >= 0.6 is 11.6 Å². The van der Waals surface area contributed by atoms with Crippen molar-refractivity contribution in [2.75, 3.05) is 0 Å². The number of nitrogens with zero attached hydrogens (tertiary/aromatic N) is 2. The summed E-state index contributed by atoms with van der Waals surface area (Å²) in [7, 11) is 0. The molecular weight excluding hydrogens is 409 g/mol. The highest BCUT2D eigenvalue weighted by Gasteiger charge is 2.31. The van der Waals surface area contributed by atoms with E-state index >= 15 is 0 Å². The van der Waals surface area contributed by atoms with Gasteiger partial charge in [-0.15, -0.1) is 0 Å². The fourth-order valence-corrected chi connectivity index (χ4v) is 2.83. The third-order valence-electron chi connectivity index (χ3n) is 3.98. The van der Waals surface area contributed by atoms with Crippen LogP contribution in [0.1, 0.15) is 21.5 Å². The highest BCUT2D eigenvalue weighted by molar-refractivity contribution is 6.31. The number of hydrogen-bond acceptors (Lipinski definition) is 3. The zero-order chi connectivity index (χ0) is 21.0. The van der Waals surface area contributed by atoms with Crippen molar-refractivity contribution in [3.8, 4) is 5.69 Å². The van der Waals surface area contributed by atoms with Gasteiger partial charge < -0.3 is 9.88 Å². The molecule has 0 aliphatic heterocycles. The molecule has 6 nitrogen and oxygen atoms in total. The van der Waals surface area contributed by atoms with Crippen LogP contribution < -0.4 is 10.6 Å². The van der Waals surface area contributed by atoms with Crippen LogP contribution in [0.15, 0.2) is 61.2 Å². The number of carbonyl (C=O) groups excluding carboxylic acids is 2. The number of carbonyl (C=O) groups is 2. The second-order valence-corrected chi connectivity index (χ2v) is 6.33. The molecule has 0 aliphatic carbocycles. The van der Waals surface area contributed by atoms with Crippen LogP contribution in [0, 0.1) is 0 Å². The number of nitrogens with one attached hydrogen (secondary N) is 2. The molecule has 2 N–H and O–H groups in total. The molecule has 0 spiro atoms. The Balaban J connectivity index is 1.68. The Morgan fingerprint density at radius 3 is 2.59 bits per heavy atom. The van der Waals surface area contributed by atoms with Crippen molar-refractivity contribution in [2.45, 2.75) is 12.7 Å². The molecule has 0 radical (unpaired) electrons. The number of imidazole rings is 1. The standard InChI is InChI=1S/C19H14ClF3N4O2/c20-15-5-2-6-16(27-8-7-24-11-27)14(15)10-25-18(29)26-17(28)12-3-1-4-13(9-12)19(21,22)23/h1-9,11H,10H2,(H2,25,26,28,29). The Labute approximate surface area is 168 Å². The lowest BCUT2D eigenvalue weighted by Crippen LogP contribution is -2.39. The monoisotopic (exact) mass is 422 g/mol. The molecule has 3 amide bonds. The minimum Gasteiger partial charge on any atom is -0.334 e. The first kappa shape index (κ1) is 20.4. The molecule has 3 aromatic rings. The van der Waals surface area contributed by atoms with E-state index in [1.807, 2.05) is 5.32 Å². The molecule has 3 rings (SSSR count). The summed E-state index contributed by atoms with van der Waals surface area (Å²) < 4.78 is 40.0. The number of urea groups is 1. The smallest absolute Gasteiger partial charge is 0.334 e. The van der Waals surface area contributed by atoms with E-state index in [1.165, 1.54) is 6.07 Å². The van der Waals surface area contributed by atoms with Crippen molar-refractivity contribution in [2.24, 2.45) is 0 Å². The predicted octanol–water partition coefficient (Wildman–Crippen LogP) is 4.18. The van der Waals surface area contributed by atoms with E-state index < -0.39 is 23.7 Å². The Hall–Kier alpha value is -3.33. The minimum atomic E-state index is -4.59. The van der Waals surface area contributed by atoms with Crippen molar-refractivity contribution >= 4 is 23.5 Å². The molecule has 10 heteroatoms. The summed E-state index contributed by atoms with van der Waals surface area (Å²) in [5.41, 5.74) is -0.00763. The minimum absolute atomic E-state index is 0.0190. The van der Waals surface area contributed by atoms with E-state index in [0.717, 1.165) is 12.1 Å². The second kappa shape index (κ2) is 8.36. The van der Waals surface area contributed by atoms with Gasteiger partial charge in [0.25, 0.3) is 5.91 Å². The van der Waals surface area contributed by atoms with E-state index in [4.69, 9.17) is 11.6 Å². The highest BCUT2D eigenvalue weighted by Crippen LogP contribution is 2.29. The molecule has 0 bridgehead atoms. The molecule has 2 aromatic carbocycles. The van der Waals surface area contributed by atoms with Crippen LogP contribution in [-0.2, 0) is 12.7 Å². The summed E-state index contributed by atoms with van der Waals surface area (Å²) in [6.45, 7) is -0.0190. The van der Waals surface area contributed by atoms with Crippen LogP contribution in [0.3, 0.4) is 0 Å². The van der Waals surface area contributed by atoms with Gasteiger partial charge in [-0.1, -0.05) is 23.7 Å². The van der Waals surface area contributed by atoms with E-state index in [-0.39, 0.29) is 12.1 Å². The third kappa shape index (κ3) is 4.94. The number of imide groups is 1. The summed E-state index contributed by atoms with van der Waals surface area (Å²) >= 11 is 6.21. The van der Waals surface area contributed by atoms with E-state index in [9.17, 15) is 22.8 Å². The average molecular weight is 423 g/mol. The number of aromatic nitrogens is 2. The number of benzene rings is 2. The van der Waals surface area contributed by atoms with Crippen molar-refractivity contribution in [1.82, 2.24) is 20.2 Å². The Morgan fingerprint density at radius 1 is 1.14 bits per heavy atom. The van der Waals surface area contributed by atoms with Crippen LogP contribution in [0.5, 0.6) is 0 Å². The summed E-state index contributed by atoms with van der Waals surface area (Å²) in [6.07, 6.45) is 0.254. The lowest BCUT2D eigenvalue weighted by Gasteiger charge is -2.13. The maximum absolute atomic E-state index is 12.8. The molecule has 0 saturated heterocycles. The van der Waals surface area contributed by atoms with Crippen LogP contribution in [0.2, 0.25) is 5.02 Å². The first-order valence-electron chi connectivity index (χ1n) is 8.28. The van der Waals surface area contributed by atoms with E-state index in [1.54, 1.807) is 41.5 Å². The van der Waals surface area contributed by atoms with Crippen LogP contribution in [-0.4, -0.2) is 21.5 Å². The summed E-state index contributed by atoms with van der Waals surface area (Å²) in [5, 5.41) is 4.87. The van der Waals surface area contributed by atoms with Gasteiger partial charge >= 0.3 is 12.2 Å². The molecule has 150 valence electrons. The van der Waals surface area contributed by atoms with Gasteiger partial charge in [0.15, 0.2) is 0 Å². The van der Waals surface area contributed by atoms with Crippen molar-refractivity contribution in [3.05, 3.63) is 82.9 Å². The van der Waals surface area contributed by atoms with Gasteiger partial charge in [0.2, 0.25) is 0 Å². The molecule has 0 saturated carbocycles. The zero-order valence-corrected chi connectivity index (χ0v) is 15.5. The van der Waals surface area contributed by atoms with Crippen molar-refractivity contribution in [1.29, 1.82) is 0 Å². The number of alkyl halides is 3. The average Bonchev–Trinajstić information content (AvgIpc) is 3.21. The maximum atomic E-state index is 12.8. The SMILES string of the molecule is O=C(NCc1c(Cl)cccc1-n1ccnc1)NC(=O)c1cccc(C(F)(F)F)c1. The Bertz CT molecular complexity index is 1040. The van der Waals surface area contributed by atoms with Gasteiger partial charge in [0.05, 0.1) is 17.6 Å². The van der Waals surface area contributed by atoms with Crippen LogP contribution in [0.25, 0.3) is 5.69 Å². The molecule has 0 unspecified atom stereocenters. The maximum Gasteiger partial charge on any atom is 0.416 e. The number of amides is 3. The topological polar surface area (TPSA) is 76.0 Å². The zero-order valence-electron chi connectivity index (χ0n) is 14.7. The quantitative estimate of drug-likeness (QED) is 0.662. The van der Waals surface area contributed by atoms with Crippen molar-refractivity contribution in [3.63, 3.8) is 0 Å². The Morgan fingerprint density at radius 2 is 1.90 bits per heavy atom. The predicted molar refractivity (Wildman–Crippen MR) is 99.7 cm³/mol. The van der Waals surface area contributed by atoms with Gasteiger partial charge in [-0.05, 0) is 30.3 Å². The number of rotatable bonds is 4. The summed E-state index contributed by atoms with van der Waals surface area (Å²) in [5.74, 6) is -0.956. The molecule has 0 aliphatic rings. The lowest BCUT2D eigenvalue weighted by molar-refractivity contribution is -0.137. The Kier molecular flexibility index (Phi) is 5.88. The highest BCUT2D eigenvalue weighted by atomic mass is 35.5. The van der Waals surface area contributed by atoms with Gasteiger partial charge in [-0.2, -0.15) is 13.2 Å². The first-order valence-corrected chi connectivity index (χ1v) is 8.65. The third-order valence-corrected chi connectivity index (χ3v) is 4.34. The molecule has 0 atom stereocenters. The van der Waals surface area contributed by atoms with Crippen LogP contribution in [0.4, 0.5) is 18.0 Å². The largest absolute Gasteiger partial charge is 0.416 e. The fourth-order valence-electron chi connectivity index (χ4n) is 2.59. The molecule has 0 fully saturated rings. The fraction of sp³-hybridized carbons (Fsp3) is 0.105. The van der Waals surface area contributed by atoms with Gasteiger partial charge in [-0.3, -0.25) is 10.1 Å². The van der Waals surface area contributed by atoms with Gasteiger partial charge in [0.1, 0.15) is 0 Å². The normalized spacial score (nSPS) is 11.2. The summed E-state index contributed by atoms with van der Waals surface area (Å²) in [4.78, 5) is 28.1. The van der Waals surface area contributed by atoms with Crippen molar-refractivity contribution < 1.29 is 22.8 Å². The number of halogens is 4. The number of hydrogen-bond donors (Lipinski definition) is 2. The van der Waals surface area contributed by atoms with Gasteiger partial charge in [0, 0.05) is 35.1 Å². The lowest BCUT2D eigenvalue weighted by atomic mass is 10.1. The first-order chi connectivity index (χ1) is 13.8. The van der Waals surface area contributed by atoms with Gasteiger partial charge in [-0.25, -0.2) is 9.78 Å². The second-order valence-electron chi connectivity index (χ2n) is 5.92. The summed E-state index contributed by atoms with van der Waals surface area (Å²) in [6, 6.07) is 8.07. The molecular formula is C19H14ClF3N4O2. The van der Waals surface area contributed by atoms with E-state index in [0.29, 0.717) is 22.3 Å².